The first-order valence-electron chi connectivity index (χ1n) is 17.1. The van der Waals surface area contributed by atoms with E-state index in [0.29, 0.717) is 13.1 Å². The number of ether oxygens (including phenoxy) is 3. The van der Waals surface area contributed by atoms with Crippen molar-refractivity contribution in [2.45, 2.75) is 96.7 Å². The van der Waals surface area contributed by atoms with Crippen LogP contribution in [0.25, 0.3) is 11.1 Å². The topological polar surface area (TPSA) is 135 Å². The second-order valence-electron chi connectivity index (χ2n) is 14.0. The molecule has 3 aromatic rings. The Morgan fingerprint density at radius 2 is 1.63 bits per heavy atom. The number of carbonyl (C=O) groups excluding carboxylic acids is 2. The van der Waals surface area contributed by atoms with Crippen LogP contribution in [0.15, 0.2) is 72.8 Å². The van der Waals surface area contributed by atoms with Gasteiger partial charge in [0.1, 0.15) is 11.6 Å². The van der Waals surface area contributed by atoms with E-state index in [4.69, 9.17) is 19.3 Å². The van der Waals surface area contributed by atoms with E-state index in [-0.39, 0.29) is 55.5 Å². The molecular formula is C39H48N2O8. The molecule has 0 radical (unpaired) electrons. The van der Waals surface area contributed by atoms with E-state index in [9.17, 15) is 19.5 Å². The fourth-order valence-corrected chi connectivity index (χ4v) is 6.44. The molecule has 0 aromatic heterocycles. The zero-order chi connectivity index (χ0) is 35.1. The highest BCUT2D eigenvalue weighted by molar-refractivity contribution is 5.80. The monoisotopic (exact) mass is 672 g/mol. The third-order valence-corrected chi connectivity index (χ3v) is 9.08. The standard InChI is InChI=1S/C39H48N2O8/c1-25-33(23-41-20-6-9-32(41)37(46)49-39(2,3)4)47-38(48-36(25)29-12-10-26(24-42)11-13-29)30-16-14-28(15-17-30)31-8-5-7-27(21-31)22-40-34(43)18-19-35(44)45/h5,7-8,10-17,21,25,32-33,36,38,42H,6,9,18-20,22-24H2,1-4H3,(H,40,43)(H,44,45)/t25-,32-,33+,36+,38+/m0/s1. The van der Waals surface area contributed by atoms with E-state index in [2.05, 4.69) is 17.1 Å². The molecule has 0 spiro atoms. The van der Waals surface area contributed by atoms with Crippen LogP contribution in [0.2, 0.25) is 0 Å². The van der Waals surface area contributed by atoms with Gasteiger partial charge in [0.2, 0.25) is 5.91 Å². The Balaban J connectivity index is 1.33. The number of aliphatic carboxylic acids is 1. The summed E-state index contributed by atoms with van der Waals surface area (Å²) in [5.74, 6) is -1.52. The van der Waals surface area contributed by atoms with Gasteiger partial charge in [-0.15, -0.1) is 0 Å². The maximum absolute atomic E-state index is 13.1. The summed E-state index contributed by atoms with van der Waals surface area (Å²) in [6.45, 7) is 9.41. The van der Waals surface area contributed by atoms with E-state index in [0.717, 1.165) is 52.8 Å². The molecule has 10 heteroatoms. The molecule has 0 saturated carbocycles. The van der Waals surface area contributed by atoms with E-state index in [1.807, 2.05) is 93.6 Å². The van der Waals surface area contributed by atoms with Crippen LogP contribution in [0.1, 0.15) is 88.0 Å². The summed E-state index contributed by atoms with van der Waals surface area (Å²) < 4.78 is 19.1. The van der Waals surface area contributed by atoms with Crippen molar-refractivity contribution >= 4 is 17.8 Å². The number of carbonyl (C=O) groups is 3. The number of carboxylic acids is 1. The van der Waals surface area contributed by atoms with Crippen LogP contribution in [0.3, 0.4) is 0 Å². The Morgan fingerprint density at radius 3 is 2.31 bits per heavy atom. The minimum Gasteiger partial charge on any atom is -0.481 e. The van der Waals surface area contributed by atoms with Crippen LogP contribution in [-0.2, 0) is 41.7 Å². The molecule has 0 bridgehead atoms. The van der Waals surface area contributed by atoms with Crippen LogP contribution in [0, 0.1) is 5.92 Å². The second-order valence-corrected chi connectivity index (χ2v) is 14.0. The molecule has 2 aliphatic rings. The first-order valence-corrected chi connectivity index (χ1v) is 17.1. The molecule has 0 unspecified atom stereocenters. The quantitative estimate of drug-likeness (QED) is 0.200. The minimum atomic E-state index is -1.000. The van der Waals surface area contributed by atoms with Crippen molar-refractivity contribution in [3.05, 3.63) is 95.1 Å². The van der Waals surface area contributed by atoms with Crippen molar-refractivity contribution in [1.82, 2.24) is 10.2 Å². The Bertz CT molecular complexity index is 1580. The number of aliphatic hydroxyl groups is 1. The van der Waals surface area contributed by atoms with Gasteiger partial charge in [0.05, 0.1) is 25.2 Å². The maximum Gasteiger partial charge on any atom is 0.323 e. The van der Waals surface area contributed by atoms with Gasteiger partial charge in [-0.1, -0.05) is 73.7 Å². The number of esters is 1. The molecule has 1 amide bonds. The average Bonchev–Trinajstić information content (AvgIpc) is 3.55. The third kappa shape index (κ3) is 9.76. The van der Waals surface area contributed by atoms with Crippen LogP contribution in [0.5, 0.6) is 0 Å². The van der Waals surface area contributed by atoms with E-state index < -0.39 is 17.9 Å². The summed E-state index contributed by atoms with van der Waals surface area (Å²) in [4.78, 5) is 38.1. The molecule has 262 valence electrons. The van der Waals surface area contributed by atoms with E-state index in [1.165, 1.54) is 0 Å². The van der Waals surface area contributed by atoms with Gasteiger partial charge in [-0.05, 0) is 74.0 Å². The van der Waals surface area contributed by atoms with Crippen molar-refractivity contribution in [1.29, 1.82) is 0 Å². The van der Waals surface area contributed by atoms with Gasteiger partial charge in [-0.2, -0.15) is 0 Å². The fourth-order valence-electron chi connectivity index (χ4n) is 6.44. The zero-order valence-corrected chi connectivity index (χ0v) is 28.8. The molecule has 5 atom stereocenters. The molecule has 0 aliphatic carbocycles. The van der Waals surface area contributed by atoms with Gasteiger partial charge >= 0.3 is 11.9 Å². The second kappa shape index (κ2) is 16.1. The average molecular weight is 673 g/mol. The zero-order valence-electron chi connectivity index (χ0n) is 28.8. The lowest BCUT2D eigenvalue weighted by molar-refractivity contribution is -0.276. The van der Waals surface area contributed by atoms with E-state index >= 15 is 0 Å². The number of amides is 1. The number of nitrogens with one attached hydrogen (secondary N) is 1. The lowest BCUT2D eigenvalue weighted by Gasteiger charge is -2.43. The van der Waals surface area contributed by atoms with Crippen LogP contribution >= 0.6 is 0 Å². The van der Waals surface area contributed by atoms with Crippen molar-refractivity contribution < 1.29 is 38.8 Å². The molecule has 10 nitrogen and oxygen atoms in total. The number of likely N-dealkylation sites (tertiary alicyclic amines) is 1. The molecule has 2 heterocycles. The highest BCUT2D eigenvalue weighted by Crippen LogP contribution is 2.42. The molecule has 5 rings (SSSR count). The lowest BCUT2D eigenvalue weighted by atomic mass is 9.89. The van der Waals surface area contributed by atoms with Gasteiger partial charge in [0.15, 0.2) is 6.29 Å². The molecule has 3 N–H and O–H groups in total. The molecule has 2 fully saturated rings. The summed E-state index contributed by atoms with van der Waals surface area (Å²) in [5.41, 5.74) is 5.00. The minimum absolute atomic E-state index is 0.0252. The van der Waals surface area contributed by atoms with Gasteiger partial charge < -0.3 is 29.7 Å². The van der Waals surface area contributed by atoms with Crippen molar-refractivity contribution in [3.8, 4) is 11.1 Å². The normalized spacial score (nSPS) is 22.8. The van der Waals surface area contributed by atoms with Gasteiger partial charge in [0.25, 0.3) is 0 Å². The Morgan fingerprint density at radius 1 is 0.918 bits per heavy atom. The van der Waals surface area contributed by atoms with Crippen molar-refractivity contribution in [2.75, 3.05) is 13.1 Å². The van der Waals surface area contributed by atoms with Gasteiger partial charge in [-0.25, -0.2) is 0 Å². The van der Waals surface area contributed by atoms with Crippen LogP contribution in [0.4, 0.5) is 0 Å². The predicted octanol–water partition coefficient (Wildman–Crippen LogP) is 5.92. The summed E-state index contributed by atoms with van der Waals surface area (Å²) >= 11 is 0. The smallest absolute Gasteiger partial charge is 0.323 e. The number of hydrogen-bond donors (Lipinski definition) is 3. The highest BCUT2D eigenvalue weighted by Gasteiger charge is 2.42. The lowest BCUT2D eigenvalue weighted by Crippen LogP contribution is -2.48. The number of carboxylic acid groups (broad SMARTS) is 1. The Hall–Kier alpha value is -4.09. The highest BCUT2D eigenvalue weighted by atomic mass is 16.7. The molecule has 2 saturated heterocycles. The maximum atomic E-state index is 13.1. The molecular weight excluding hydrogens is 624 g/mol. The summed E-state index contributed by atoms with van der Waals surface area (Å²) in [5, 5.41) is 21.2. The number of nitrogens with zero attached hydrogens (tertiary/aromatic N) is 1. The number of benzene rings is 3. The Labute approximate surface area is 288 Å². The largest absolute Gasteiger partial charge is 0.481 e. The molecule has 3 aromatic carbocycles. The SMILES string of the molecule is C[C@H]1[C@@H](CN2CCC[C@H]2C(=O)OC(C)(C)C)O[C@@H](c2ccc(-c3cccc(CNC(=O)CCC(=O)O)c3)cc2)O[C@H]1c1ccc(CO)cc1. The Kier molecular flexibility index (Phi) is 11.9. The molecule has 2 aliphatic heterocycles. The first kappa shape index (κ1) is 36.2. The van der Waals surface area contributed by atoms with Crippen LogP contribution < -0.4 is 5.32 Å². The summed E-state index contributed by atoms with van der Waals surface area (Å²) in [6, 6.07) is 23.4. The van der Waals surface area contributed by atoms with Crippen molar-refractivity contribution in [2.24, 2.45) is 5.92 Å². The summed E-state index contributed by atoms with van der Waals surface area (Å²) in [6.07, 6.45) is 0.255. The van der Waals surface area contributed by atoms with Crippen molar-refractivity contribution in [3.63, 3.8) is 0 Å². The predicted molar refractivity (Wildman–Crippen MR) is 184 cm³/mol. The number of rotatable bonds is 12. The number of hydrogen-bond acceptors (Lipinski definition) is 8. The van der Waals surface area contributed by atoms with Crippen LogP contribution in [-0.4, -0.2) is 63.8 Å². The molecule has 49 heavy (non-hydrogen) atoms. The third-order valence-electron chi connectivity index (χ3n) is 9.08. The van der Waals surface area contributed by atoms with Gasteiger partial charge in [0, 0.05) is 31.0 Å². The van der Waals surface area contributed by atoms with E-state index in [1.54, 1.807) is 0 Å². The first-order chi connectivity index (χ1) is 23.4. The fraction of sp³-hybridized carbons (Fsp3) is 0.462. The summed E-state index contributed by atoms with van der Waals surface area (Å²) in [7, 11) is 0. The van der Waals surface area contributed by atoms with Gasteiger partial charge in [-0.3, -0.25) is 19.3 Å². The number of aliphatic hydroxyl groups excluding tert-OH is 1.